The van der Waals surface area contributed by atoms with Gasteiger partial charge in [0.1, 0.15) is 0 Å². The number of benzene rings is 2. The molecule has 0 fully saturated rings. The number of hydrogen-bond donors (Lipinski definition) is 2. The smallest absolute Gasteiger partial charge is 0.305 e. The Morgan fingerprint density at radius 3 is 2.29 bits per heavy atom. The molecule has 0 aliphatic carbocycles. The Morgan fingerprint density at radius 2 is 1.71 bits per heavy atom. The lowest BCUT2D eigenvalue weighted by Gasteiger charge is -2.35. The Kier molecular flexibility index (Phi) is 8.08. The number of hydrazine groups is 1. The van der Waals surface area contributed by atoms with E-state index in [2.05, 4.69) is 10.7 Å². The van der Waals surface area contributed by atoms with Crippen LogP contribution in [0.4, 0.5) is 10.5 Å². The van der Waals surface area contributed by atoms with Crippen LogP contribution in [0, 0.1) is 0 Å². The van der Waals surface area contributed by atoms with Gasteiger partial charge in [-0.2, -0.15) is 0 Å². The number of halogens is 1. The fraction of sp³-hybridized carbons (Fsp3) is 0.364. The second-order valence-electron chi connectivity index (χ2n) is 8.06. The maximum atomic E-state index is 12.9. The van der Waals surface area contributed by atoms with Gasteiger partial charge in [-0.15, -0.1) is 0 Å². The summed E-state index contributed by atoms with van der Waals surface area (Å²) in [6.45, 7) is 7.21. The van der Waals surface area contributed by atoms with Gasteiger partial charge in [-0.25, -0.2) is 23.6 Å². The molecule has 31 heavy (non-hydrogen) atoms. The van der Waals surface area contributed by atoms with Crippen molar-refractivity contribution in [3.63, 3.8) is 0 Å². The van der Waals surface area contributed by atoms with Crippen LogP contribution >= 0.6 is 11.6 Å². The molecule has 2 rings (SSSR count). The molecule has 0 aromatic heterocycles. The minimum Gasteiger partial charge on any atom is -0.305 e. The van der Waals surface area contributed by atoms with Gasteiger partial charge in [0.05, 0.1) is 21.9 Å². The van der Waals surface area contributed by atoms with E-state index in [0.29, 0.717) is 12.0 Å². The van der Waals surface area contributed by atoms with Crippen molar-refractivity contribution in [1.82, 2.24) is 10.4 Å². The van der Waals surface area contributed by atoms with Gasteiger partial charge in [0, 0.05) is 10.6 Å². The molecule has 0 aliphatic rings. The highest BCUT2D eigenvalue weighted by Crippen LogP contribution is 2.27. The molecule has 0 bridgehead atoms. The molecule has 168 valence electrons. The molecule has 9 heteroatoms. The minimum atomic E-state index is -3.61. The number of sulfone groups is 1. The predicted molar refractivity (Wildman–Crippen MR) is 123 cm³/mol. The average Bonchev–Trinajstić information content (AvgIpc) is 2.69. The molecule has 2 N–H and O–H groups in total. The molecule has 0 heterocycles. The van der Waals surface area contributed by atoms with Crippen LogP contribution in [0.3, 0.4) is 0 Å². The molecule has 0 atom stereocenters. The summed E-state index contributed by atoms with van der Waals surface area (Å²) in [5, 5.41) is 4.01. The predicted octanol–water partition coefficient (Wildman–Crippen LogP) is 4.89. The number of nitrogens with zero attached hydrogens (tertiary/aromatic N) is 1. The standard InChI is InChI=1S/C22H28ClN3O4S/c1-5-6-14-31(29,30)19-13-12-17(23)15-18(19)24-21(28)25-26(22(2,3)4)20(27)16-10-8-7-9-11-16/h7-13,15H,5-6,14H2,1-4H3,(H2,24,25,28). The normalized spacial score (nSPS) is 11.6. The number of rotatable bonds is 6. The average molecular weight is 466 g/mol. The van der Waals surface area contributed by atoms with Crippen LogP contribution in [0.25, 0.3) is 0 Å². The Morgan fingerprint density at radius 1 is 1.06 bits per heavy atom. The summed E-state index contributed by atoms with van der Waals surface area (Å²) >= 11 is 6.03. The zero-order valence-corrected chi connectivity index (χ0v) is 19.7. The first-order chi connectivity index (χ1) is 14.5. The first-order valence-electron chi connectivity index (χ1n) is 9.95. The van der Waals surface area contributed by atoms with Gasteiger partial charge in [-0.3, -0.25) is 4.79 Å². The lowest BCUT2D eigenvalue weighted by molar-refractivity contribution is 0.0460. The summed E-state index contributed by atoms with van der Waals surface area (Å²) in [5.41, 5.74) is 2.26. The fourth-order valence-corrected chi connectivity index (χ4v) is 4.58. The second kappa shape index (κ2) is 10.2. The van der Waals surface area contributed by atoms with Crippen molar-refractivity contribution in [2.45, 2.75) is 51.0 Å². The van der Waals surface area contributed by atoms with Gasteiger partial charge in [0.25, 0.3) is 5.91 Å². The van der Waals surface area contributed by atoms with Crippen LogP contribution in [-0.2, 0) is 9.84 Å². The highest BCUT2D eigenvalue weighted by Gasteiger charge is 2.30. The SMILES string of the molecule is CCCCS(=O)(=O)c1ccc(Cl)cc1NC(=O)NN(C(=O)c1ccccc1)C(C)(C)C. The van der Waals surface area contributed by atoms with Crippen LogP contribution in [0.2, 0.25) is 5.02 Å². The molecule has 2 aromatic carbocycles. The van der Waals surface area contributed by atoms with Crippen molar-refractivity contribution in [2.75, 3.05) is 11.1 Å². The summed E-state index contributed by atoms with van der Waals surface area (Å²) in [6, 6.07) is 12.0. The first-order valence-corrected chi connectivity index (χ1v) is 12.0. The van der Waals surface area contributed by atoms with Crippen LogP contribution in [-0.4, -0.2) is 36.7 Å². The summed E-state index contributed by atoms with van der Waals surface area (Å²) < 4.78 is 25.4. The van der Waals surface area contributed by atoms with Crippen LogP contribution < -0.4 is 10.7 Å². The third-order valence-corrected chi connectivity index (χ3v) is 6.49. The molecule has 0 saturated heterocycles. The minimum absolute atomic E-state index is 0.0165. The highest BCUT2D eigenvalue weighted by atomic mass is 35.5. The van der Waals surface area contributed by atoms with Crippen molar-refractivity contribution >= 4 is 39.1 Å². The van der Waals surface area contributed by atoms with E-state index in [-0.39, 0.29) is 21.4 Å². The van der Waals surface area contributed by atoms with E-state index in [1.807, 2.05) is 6.92 Å². The molecule has 2 aromatic rings. The molecular weight excluding hydrogens is 438 g/mol. The molecule has 0 saturated carbocycles. The van der Waals surface area contributed by atoms with E-state index in [9.17, 15) is 18.0 Å². The van der Waals surface area contributed by atoms with Gasteiger partial charge in [-0.05, 0) is 57.5 Å². The van der Waals surface area contributed by atoms with Gasteiger partial charge >= 0.3 is 6.03 Å². The molecular formula is C22H28ClN3O4S. The Hall–Kier alpha value is -2.58. The van der Waals surface area contributed by atoms with Crippen LogP contribution in [0.5, 0.6) is 0 Å². The Balaban J connectivity index is 2.29. The molecule has 0 radical (unpaired) electrons. The number of anilines is 1. The van der Waals surface area contributed by atoms with Crippen molar-refractivity contribution in [2.24, 2.45) is 0 Å². The molecule has 0 spiro atoms. The Labute approximate surface area is 188 Å². The van der Waals surface area contributed by atoms with E-state index in [4.69, 9.17) is 11.6 Å². The molecule has 3 amide bonds. The van der Waals surface area contributed by atoms with E-state index >= 15 is 0 Å². The summed E-state index contributed by atoms with van der Waals surface area (Å²) in [7, 11) is -3.61. The van der Waals surface area contributed by atoms with Gasteiger partial charge in [0.2, 0.25) is 0 Å². The summed E-state index contributed by atoms with van der Waals surface area (Å²) in [5.74, 6) is -0.438. The third kappa shape index (κ3) is 6.70. The number of carbonyl (C=O) groups excluding carboxylic acids is 2. The molecule has 0 aliphatic heterocycles. The number of amides is 3. The lowest BCUT2D eigenvalue weighted by Crippen LogP contribution is -2.56. The zero-order chi connectivity index (χ0) is 23.2. The maximum Gasteiger partial charge on any atom is 0.338 e. The van der Waals surface area contributed by atoms with Crippen LogP contribution in [0.1, 0.15) is 50.9 Å². The summed E-state index contributed by atoms with van der Waals surface area (Å²) in [6.07, 6.45) is 1.22. The van der Waals surface area contributed by atoms with E-state index in [0.717, 1.165) is 6.42 Å². The number of hydrogen-bond acceptors (Lipinski definition) is 4. The maximum absolute atomic E-state index is 12.9. The summed E-state index contributed by atoms with van der Waals surface area (Å²) in [4.78, 5) is 25.7. The monoisotopic (exact) mass is 465 g/mol. The number of carbonyl (C=O) groups is 2. The van der Waals surface area contributed by atoms with Crippen LogP contribution in [0.15, 0.2) is 53.4 Å². The fourth-order valence-electron chi connectivity index (χ4n) is 2.80. The quantitative estimate of drug-likeness (QED) is 0.593. The number of urea groups is 1. The number of unbranched alkanes of at least 4 members (excludes halogenated alkanes) is 1. The highest BCUT2D eigenvalue weighted by molar-refractivity contribution is 7.91. The second-order valence-corrected chi connectivity index (χ2v) is 10.6. The molecule has 0 unspecified atom stereocenters. The van der Waals surface area contributed by atoms with Crippen molar-refractivity contribution in [1.29, 1.82) is 0 Å². The van der Waals surface area contributed by atoms with Crippen molar-refractivity contribution < 1.29 is 18.0 Å². The first kappa shape index (κ1) is 24.7. The third-order valence-electron chi connectivity index (χ3n) is 4.40. The van der Waals surface area contributed by atoms with E-state index in [1.165, 1.54) is 23.2 Å². The van der Waals surface area contributed by atoms with E-state index in [1.54, 1.807) is 51.1 Å². The zero-order valence-electron chi connectivity index (χ0n) is 18.1. The van der Waals surface area contributed by atoms with E-state index < -0.39 is 27.3 Å². The van der Waals surface area contributed by atoms with Gasteiger partial charge in [-0.1, -0.05) is 43.1 Å². The Bertz CT molecular complexity index is 1030. The van der Waals surface area contributed by atoms with Gasteiger partial charge in [0.15, 0.2) is 9.84 Å². The molecule has 7 nitrogen and oxygen atoms in total. The largest absolute Gasteiger partial charge is 0.338 e. The van der Waals surface area contributed by atoms with Gasteiger partial charge < -0.3 is 5.32 Å². The van der Waals surface area contributed by atoms with Crippen molar-refractivity contribution in [3.8, 4) is 0 Å². The topological polar surface area (TPSA) is 95.6 Å². The lowest BCUT2D eigenvalue weighted by atomic mass is 10.1. The number of nitrogens with one attached hydrogen (secondary N) is 2. The van der Waals surface area contributed by atoms with Crippen molar-refractivity contribution in [3.05, 3.63) is 59.1 Å².